The average Bonchev–Trinajstić information content (AvgIpc) is 3.12. The third kappa shape index (κ3) is 4.33. The number of methoxy groups -OCH3 is 3. The lowest BCUT2D eigenvalue weighted by molar-refractivity contribution is 0.101. The van der Waals surface area contributed by atoms with E-state index in [2.05, 4.69) is 0 Å². The minimum atomic E-state index is -0.188. The Morgan fingerprint density at radius 3 is 2.39 bits per heavy atom. The number of ketones is 1. The van der Waals surface area contributed by atoms with Crippen molar-refractivity contribution in [2.75, 3.05) is 21.3 Å². The fourth-order valence-corrected chi connectivity index (χ4v) is 3.26. The fraction of sp³-hybridized carbons (Fsp3) is 0.160. The second-order valence-electron chi connectivity index (χ2n) is 6.85. The Hall–Kier alpha value is -3.93. The summed E-state index contributed by atoms with van der Waals surface area (Å²) in [5, 5.41) is 0. The number of benzene rings is 3. The van der Waals surface area contributed by atoms with Gasteiger partial charge in [-0.1, -0.05) is 12.1 Å². The summed E-state index contributed by atoms with van der Waals surface area (Å²) < 4.78 is 27.5. The third-order valence-corrected chi connectivity index (χ3v) is 4.91. The van der Waals surface area contributed by atoms with Gasteiger partial charge in [-0.2, -0.15) is 0 Å². The van der Waals surface area contributed by atoms with Gasteiger partial charge in [0.25, 0.3) is 0 Å². The average molecular weight is 418 g/mol. The summed E-state index contributed by atoms with van der Waals surface area (Å²) in [5.41, 5.74) is 2.19. The smallest absolute Gasteiger partial charge is 0.231 e. The largest absolute Gasteiger partial charge is 0.497 e. The molecule has 0 aromatic heterocycles. The molecule has 0 atom stereocenters. The highest BCUT2D eigenvalue weighted by Crippen LogP contribution is 2.36. The molecule has 1 heterocycles. The van der Waals surface area contributed by atoms with Crippen molar-refractivity contribution in [1.29, 1.82) is 0 Å². The molecule has 0 amide bonds. The van der Waals surface area contributed by atoms with Gasteiger partial charge in [0.15, 0.2) is 5.76 Å². The van der Waals surface area contributed by atoms with Crippen LogP contribution in [0.15, 0.2) is 66.4 Å². The third-order valence-electron chi connectivity index (χ3n) is 4.91. The number of carbonyl (C=O) groups is 1. The van der Waals surface area contributed by atoms with E-state index in [9.17, 15) is 4.79 Å². The Morgan fingerprint density at radius 1 is 0.839 bits per heavy atom. The molecule has 3 aromatic carbocycles. The molecule has 1 aliphatic heterocycles. The fourth-order valence-electron chi connectivity index (χ4n) is 3.26. The Kier molecular flexibility index (Phi) is 5.80. The molecule has 1 aliphatic rings. The van der Waals surface area contributed by atoms with Crippen molar-refractivity contribution < 1.29 is 28.5 Å². The summed E-state index contributed by atoms with van der Waals surface area (Å²) in [4.78, 5) is 12.8. The van der Waals surface area contributed by atoms with Crippen molar-refractivity contribution >= 4 is 11.9 Å². The second kappa shape index (κ2) is 8.83. The highest BCUT2D eigenvalue weighted by atomic mass is 16.5. The van der Waals surface area contributed by atoms with Crippen LogP contribution in [0.1, 0.15) is 21.5 Å². The van der Waals surface area contributed by atoms with E-state index in [4.69, 9.17) is 23.7 Å². The molecule has 6 heteroatoms. The second-order valence-corrected chi connectivity index (χ2v) is 6.85. The number of fused-ring (bicyclic) bond motifs is 1. The minimum absolute atomic E-state index is 0.188. The van der Waals surface area contributed by atoms with Crippen LogP contribution in [0.5, 0.6) is 28.7 Å². The predicted octanol–water partition coefficient (Wildman–Crippen LogP) is 4.91. The SMILES string of the molecule is COc1cccc(COc2ccc3c(c2)OC(=Cc2ccc(OC)cc2OC)C3=O)c1. The van der Waals surface area contributed by atoms with E-state index in [0.717, 1.165) is 11.3 Å². The monoisotopic (exact) mass is 418 g/mol. The van der Waals surface area contributed by atoms with E-state index in [-0.39, 0.29) is 11.5 Å². The van der Waals surface area contributed by atoms with Crippen molar-refractivity contribution in [3.05, 3.63) is 83.1 Å². The van der Waals surface area contributed by atoms with Crippen molar-refractivity contribution in [2.45, 2.75) is 6.61 Å². The van der Waals surface area contributed by atoms with Crippen molar-refractivity contribution in [1.82, 2.24) is 0 Å². The van der Waals surface area contributed by atoms with Crippen LogP contribution in [-0.2, 0) is 6.61 Å². The van der Waals surface area contributed by atoms with Crippen LogP contribution >= 0.6 is 0 Å². The number of rotatable bonds is 7. The van der Waals surface area contributed by atoms with Gasteiger partial charge in [0.1, 0.15) is 35.4 Å². The Labute approximate surface area is 180 Å². The molecule has 0 N–H and O–H groups in total. The number of ether oxygens (including phenoxy) is 5. The van der Waals surface area contributed by atoms with Gasteiger partial charge in [0.2, 0.25) is 5.78 Å². The number of carbonyl (C=O) groups excluding carboxylic acids is 1. The molecule has 0 aliphatic carbocycles. The highest BCUT2D eigenvalue weighted by Gasteiger charge is 2.28. The van der Waals surface area contributed by atoms with Gasteiger partial charge >= 0.3 is 0 Å². The summed E-state index contributed by atoms with van der Waals surface area (Å²) in [6.45, 7) is 0.371. The van der Waals surface area contributed by atoms with E-state index in [1.165, 1.54) is 0 Å². The van der Waals surface area contributed by atoms with E-state index >= 15 is 0 Å². The molecule has 6 nitrogen and oxygen atoms in total. The van der Waals surface area contributed by atoms with Gasteiger partial charge in [-0.25, -0.2) is 0 Å². The van der Waals surface area contributed by atoms with E-state index in [1.54, 1.807) is 57.7 Å². The van der Waals surface area contributed by atoms with Crippen LogP contribution in [0.25, 0.3) is 6.08 Å². The maximum atomic E-state index is 12.8. The summed E-state index contributed by atoms with van der Waals surface area (Å²) in [6.07, 6.45) is 1.66. The van der Waals surface area contributed by atoms with Crippen molar-refractivity contribution in [3.63, 3.8) is 0 Å². The molecule has 158 valence electrons. The first-order chi connectivity index (χ1) is 15.1. The summed E-state index contributed by atoms with van der Waals surface area (Å²) in [6, 6.07) is 18.2. The Morgan fingerprint density at radius 2 is 1.61 bits per heavy atom. The highest BCUT2D eigenvalue weighted by molar-refractivity contribution is 6.14. The number of hydrogen-bond donors (Lipinski definition) is 0. The van der Waals surface area contributed by atoms with Crippen LogP contribution < -0.4 is 23.7 Å². The van der Waals surface area contributed by atoms with E-state index in [1.807, 2.05) is 30.3 Å². The lowest BCUT2D eigenvalue weighted by Gasteiger charge is -2.09. The van der Waals surface area contributed by atoms with Crippen molar-refractivity contribution in [3.8, 4) is 28.7 Å². The molecule has 0 saturated carbocycles. The van der Waals surface area contributed by atoms with Gasteiger partial charge < -0.3 is 23.7 Å². The molecule has 3 aromatic rings. The number of allylic oxidation sites excluding steroid dienone is 1. The van der Waals surface area contributed by atoms with Gasteiger partial charge in [0.05, 0.1) is 26.9 Å². The van der Waals surface area contributed by atoms with E-state index < -0.39 is 0 Å². The molecule has 0 saturated heterocycles. The Balaban J connectivity index is 1.52. The standard InChI is InChI=1S/C25H22O6/c1-27-18-6-4-5-16(11-18)15-30-20-9-10-21-23(14-20)31-24(25(21)26)12-17-7-8-19(28-2)13-22(17)29-3/h4-14H,15H2,1-3H3. The maximum absolute atomic E-state index is 12.8. The van der Waals surface area contributed by atoms with Crippen LogP contribution in [0, 0.1) is 0 Å². The zero-order valence-electron chi connectivity index (χ0n) is 17.5. The van der Waals surface area contributed by atoms with Gasteiger partial charge in [0, 0.05) is 17.7 Å². The summed E-state index contributed by atoms with van der Waals surface area (Å²) in [5.74, 6) is 3.13. The number of Topliss-reactive ketones (excluding diaryl/α,β-unsaturated/α-hetero) is 1. The predicted molar refractivity (Wildman–Crippen MR) is 116 cm³/mol. The zero-order valence-corrected chi connectivity index (χ0v) is 17.5. The first-order valence-electron chi connectivity index (χ1n) is 9.67. The van der Waals surface area contributed by atoms with Gasteiger partial charge in [-0.05, 0) is 48.0 Å². The van der Waals surface area contributed by atoms with Gasteiger partial charge in [-0.15, -0.1) is 0 Å². The molecule has 0 fully saturated rings. The van der Waals surface area contributed by atoms with Crippen molar-refractivity contribution in [2.24, 2.45) is 0 Å². The molecular weight excluding hydrogens is 396 g/mol. The number of hydrogen-bond acceptors (Lipinski definition) is 6. The quantitative estimate of drug-likeness (QED) is 0.508. The minimum Gasteiger partial charge on any atom is -0.497 e. The lowest BCUT2D eigenvalue weighted by Crippen LogP contribution is -1.99. The topological polar surface area (TPSA) is 63.2 Å². The van der Waals surface area contributed by atoms with Crippen LogP contribution in [0.4, 0.5) is 0 Å². The Bertz CT molecular complexity index is 1150. The maximum Gasteiger partial charge on any atom is 0.231 e. The van der Waals surface area contributed by atoms with Crippen LogP contribution in [0.2, 0.25) is 0 Å². The van der Waals surface area contributed by atoms with E-state index in [0.29, 0.717) is 40.7 Å². The molecule has 4 rings (SSSR count). The van der Waals surface area contributed by atoms with Crippen LogP contribution in [0.3, 0.4) is 0 Å². The molecule has 0 radical (unpaired) electrons. The van der Waals surface area contributed by atoms with Crippen LogP contribution in [-0.4, -0.2) is 27.1 Å². The molecule has 0 bridgehead atoms. The normalized spacial score (nSPS) is 13.5. The lowest BCUT2D eigenvalue weighted by atomic mass is 10.1. The molecule has 31 heavy (non-hydrogen) atoms. The summed E-state index contributed by atoms with van der Waals surface area (Å²) in [7, 11) is 4.78. The molecule has 0 unspecified atom stereocenters. The van der Waals surface area contributed by atoms with Gasteiger partial charge in [-0.3, -0.25) is 4.79 Å². The first-order valence-corrected chi connectivity index (χ1v) is 9.67. The first kappa shape index (κ1) is 20.3. The molecule has 0 spiro atoms. The summed E-state index contributed by atoms with van der Waals surface area (Å²) >= 11 is 0. The zero-order chi connectivity index (χ0) is 21.8. The molecular formula is C25H22O6.